The summed E-state index contributed by atoms with van der Waals surface area (Å²) in [7, 11) is 1.59. The van der Waals surface area contributed by atoms with Crippen molar-refractivity contribution in [1.82, 2.24) is 0 Å². The van der Waals surface area contributed by atoms with Gasteiger partial charge in [-0.3, -0.25) is 0 Å². The van der Waals surface area contributed by atoms with Gasteiger partial charge in [0.15, 0.2) is 0 Å². The lowest BCUT2D eigenvalue weighted by molar-refractivity contribution is -0.143. The minimum absolute atomic E-state index is 0.0807. The number of aliphatic carboxylic acids is 1. The van der Waals surface area contributed by atoms with Crippen molar-refractivity contribution in [3.05, 3.63) is 28.2 Å². The van der Waals surface area contributed by atoms with Gasteiger partial charge >= 0.3 is 5.97 Å². The minimum atomic E-state index is -1.07. The fourth-order valence-electron chi connectivity index (χ4n) is 1.43. The zero-order valence-corrected chi connectivity index (χ0v) is 12.6. The van der Waals surface area contributed by atoms with E-state index in [0.29, 0.717) is 29.0 Å². The molecule has 2 N–H and O–H groups in total. The maximum atomic E-state index is 10.3. The van der Waals surface area contributed by atoms with Crippen LogP contribution in [0.3, 0.4) is 0 Å². The Balaban J connectivity index is 2.54. The van der Waals surface area contributed by atoms with Crippen molar-refractivity contribution < 1.29 is 29.2 Å². The highest BCUT2D eigenvalue weighted by molar-refractivity contribution is 9.10. The van der Waals surface area contributed by atoms with Crippen molar-refractivity contribution in [2.75, 3.05) is 33.5 Å². The number of rotatable bonds is 9. The van der Waals surface area contributed by atoms with E-state index in [1.165, 1.54) is 0 Å². The smallest absolute Gasteiger partial charge is 0.329 e. The van der Waals surface area contributed by atoms with E-state index in [0.717, 1.165) is 0 Å². The predicted molar refractivity (Wildman–Crippen MR) is 74.9 cm³/mol. The van der Waals surface area contributed by atoms with Crippen molar-refractivity contribution in [2.24, 2.45) is 0 Å². The number of carboxylic acid groups (broad SMARTS) is 1. The fraction of sp³-hybridized carbons (Fsp3) is 0.462. The summed E-state index contributed by atoms with van der Waals surface area (Å²) < 4.78 is 15.9. The highest BCUT2D eigenvalue weighted by Crippen LogP contribution is 2.28. The summed E-state index contributed by atoms with van der Waals surface area (Å²) in [4.78, 5) is 10.3. The topological polar surface area (TPSA) is 85.2 Å². The third-order valence-electron chi connectivity index (χ3n) is 2.39. The lowest BCUT2D eigenvalue weighted by Crippen LogP contribution is -2.13. The number of halogens is 1. The van der Waals surface area contributed by atoms with E-state index in [2.05, 4.69) is 15.9 Å². The Labute approximate surface area is 125 Å². The first kappa shape index (κ1) is 16.9. The highest BCUT2D eigenvalue weighted by atomic mass is 79.9. The van der Waals surface area contributed by atoms with Gasteiger partial charge < -0.3 is 24.4 Å². The van der Waals surface area contributed by atoms with Crippen LogP contribution in [0.25, 0.3) is 0 Å². The van der Waals surface area contributed by atoms with Gasteiger partial charge in [0.2, 0.25) is 0 Å². The van der Waals surface area contributed by atoms with Gasteiger partial charge in [0.05, 0.1) is 17.7 Å². The zero-order chi connectivity index (χ0) is 15.0. The van der Waals surface area contributed by atoms with Crippen LogP contribution in [-0.2, 0) is 14.3 Å². The molecule has 0 saturated heterocycles. The van der Waals surface area contributed by atoms with Crippen LogP contribution < -0.4 is 4.74 Å². The van der Waals surface area contributed by atoms with Gasteiger partial charge in [0.1, 0.15) is 25.1 Å². The van der Waals surface area contributed by atoms with E-state index >= 15 is 0 Å². The number of benzene rings is 1. The first-order chi connectivity index (χ1) is 9.54. The quantitative estimate of drug-likeness (QED) is 0.659. The Kier molecular flexibility index (Phi) is 7.53. The van der Waals surface area contributed by atoms with Crippen LogP contribution in [0, 0.1) is 0 Å². The molecular weight excluding hydrogens is 332 g/mol. The van der Waals surface area contributed by atoms with Gasteiger partial charge in [-0.05, 0) is 33.6 Å². The number of aliphatic hydroxyl groups is 1. The Morgan fingerprint density at radius 2 is 2.15 bits per heavy atom. The molecule has 20 heavy (non-hydrogen) atoms. The van der Waals surface area contributed by atoms with Crippen LogP contribution in [0.4, 0.5) is 0 Å². The molecule has 0 bridgehead atoms. The van der Waals surface area contributed by atoms with E-state index in [9.17, 15) is 9.90 Å². The van der Waals surface area contributed by atoms with E-state index in [4.69, 9.17) is 19.3 Å². The normalized spacial score (nSPS) is 12.2. The fourth-order valence-corrected chi connectivity index (χ4v) is 1.94. The van der Waals surface area contributed by atoms with Gasteiger partial charge in [-0.15, -0.1) is 0 Å². The molecule has 0 heterocycles. The molecule has 6 nitrogen and oxygen atoms in total. The molecule has 1 atom stereocenters. The van der Waals surface area contributed by atoms with Gasteiger partial charge in [-0.1, -0.05) is 6.07 Å². The molecule has 1 aromatic carbocycles. The molecule has 0 spiro atoms. The van der Waals surface area contributed by atoms with Crippen molar-refractivity contribution in [2.45, 2.75) is 6.10 Å². The summed E-state index contributed by atoms with van der Waals surface area (Å²) in [5, 5.41) is 18.3. The molecule has 1 aromatic rings. The van der Waals surface area contributed by atoms with Gasteiger partial charge in [-0.2, -0.15) is 0 Å². The molecule has 0 amide bonds. The SMILES string of the molecule is COCCOc1ccc(C(O)COCC(=O)O)cc1Br. The monoisotopic (exact) mass is 348 g/mol. The second-order valence-electron chi connectivity index (χ2n) is 3.96. The number of aliphatic hydroxyl groups excluding tert-OH is 1. The molecule has 0 radical (unpaired) electrons. The Morgan fingerprint density at radius 1 is 1.40 bits per heavy atom. The maximum absolute atomic E-state index is 10.3. The molecule has 0 saturated carbocycles. The number of ether oxygens (including phenoxy) is 3. The number of hydrogen-bond donors (Lipinski definition) is 2. The summed E-state index contributed by atoms with van der Waals surface area (Å²) in [6.45, 7) is 0.400. The number of carbonyl (C=O) groups is 1. The molecule has 112 valence electrons. The molecule has 0 aliphatic carbocycles. The molecule has 0 fully saturated rings. The van der Waals surface area contributed by atoms with E-state index in [1.54, 1.807) is 25.3 Å². The molecule has 0 aromatic heterocycles. The number of hydrogen-bond acceptors (Lipinski definition) is 5. The molecule has 1 unspecified atom stereocenters. The number of methoxy groups -OCH3 is 1. The highest BCUT2D eigenvalue weighted by Gasteiger charge is 2.11. The first-order valence-electron chi connectivity index (χ1n) is 5.93. The lowest BCUT2D eigenvalue weighted by Gasteiger charge is -2.13. The van der Waals surface area contributed by atoms with E-state index in [-0.39, 0.29) is 6.61 Å². The van der Waals surface area contributed by atoms with Crippen LogP contribution in [0.2, 0.25) is 0 Å². The third-order valence-corrected chi connectivity index (χ3v) is 3.01. The van der Waals surface area contributed by atoms with Crippen LogP contribution in [0.1, 0.15) is 11.7 Å². The van der Waals surface area contributed by atoms with Crippen molar-refractivity contribution >= 4 is 21.9 Å². The van der Waals surface area contributed by atoms with Crippen molar-refractivity contribution in [1.29, 1.82) is 0 Å². The molecule has 7 heteroatoms. The standard InChI is InChI=1S/C13H17BrO6/c1-18-4-5-20-12-3-2-9(6-10(12)14)11(15)7-19-8-13(16)17/h2-3,6,11,15H,4-5,7-8H2,1H3,(H,16,17). The van der Waals surface area contributed by atoms with Crippen LogP contribution >= 0.6 is 15.9 Å². The maximum Gasteiger partial charge on any atom is 0.329 e. The Morgan fingerprint density at radius 3 is 2.75 bits per heavy atom. The second kappa shape index (κ2) is 8.91. The molecular formula is C13H17BrO6. The van der Waals surface area contributed by atoms with E-state index in [1.807, 2.05) is 0 Å². The summed E-state index contributed by atoms with van der Waals surface area (Å²) >= 11 is 3.35. The third kappa shape index (κ3) is 5.87. The minimum Gasteiger partial charge on any atom is -0.490 e. The van der Waals surface area contributed by atoms with Crippen LogP contribution in [-0.4, -0.2) is 49.7 Å². The second-order valence-corrected chi connectivity index (χ2v) is 4.81. The summed E-state index contributed by atoms with van der Waals surface area (Å²) in [5.74, 6) is -0.426. The molecule has 1 rings (SSSR count). The summed E-state index contributed by atoms with van der Waals surface area (Å²) in [5.41, 5.74) is 0.612. The Bertz CT molecular complexity index is 437. The van der Waals surface area contributed by atoms with Gasteiger partial charge in [-0.25, -0.2) is 4.79 Å². The van der Waals surface area contributed by atoms with E-state index < -0.39 is 18.7 Å². The van der Waals surface area contributed by atoms with Crippen molar-refractivity contribution in [3.8, 4) is 5.75 Å². The largest absolute Gasteiger partial charge is 0.490 e. The predicted octanol–water partition coefficient (Wildman–Crippen LogP) is 1.61. The van der Waals surface area contributed by atoms with Crippen LogP contribution in [0.5, 0.6) is 5.75 Å². The lowest BCUT2D eigenvalue weighted by atomic mass is 10.1. The molecule has 0 aliphatic rings. The van der Waals surface area contributed by atoms with Crippen LogP contribution in [0.15, 0.2) is 22.7 Å². The average molecular weight is 349 g/mol. The summed E-state index contributed by atoms with van der Waals surface area (Å²) in [6, 6.07) is 5.12. The van der Waals surface area contributed by atoms with Crippen molar-refractivity contribution in [3.63, 3.8) is 0 Å². The summed E-state index contributed by atoms with van der Waals surface area (Å²) in [6.07, 6.45) is -0.890. The molecule has 0 aliphatic heterocycles. The van der Waals surface area contributed by atoms with Gasteiger partial charge in [0.25, 0.3) is 0 Å². The number of carboxylic acids is 1. The first-order valence-corrected chi connectivity index (χ1v) is 6.72. The van der Waals surface area contributed by atoms with Gasteiger partial charge in [0, 0.05) is 7.11 Å². The average Bonchev–Trinajstić information content (AvgIpc) is 2.40. The zero-order valence-electron chi connectivity index (χ0n) is 11.0. The Hall–Kier alpha value is -1.15.